The van der Waals surface area contributed by atoms with Crippen molar-refractivity contribution in [3.63, 3.8) is 0 Å². The van der Waals surface area contributed by atoms with Gasteiger partial charge in [0.05, 0.1) is 5.54 Å². The number of carbonyl (C=O) groups excluding carboxylic acids is 2. The van der Waals surface area contributed by atoms with Crippen molar-refractivity contribution in [3.8, 4) is 0 Å². The van der Waals surface area contributed by atoms with Crippen LogP contribution in [0.2, 0.25) is 0 Å². The van der Waals surface area contributed by atoms with Crippen molar-refractivity contribution in [3.05, 3.63) is 0 Å². The van der Waals surface area contributed by atoms with Gasteiger partial charge in [-0.25, -0.2) is 0 Å². The van der Waals surface area contributed by atoms with E-state index in [1.54, 1.807) is 6.92 Å². The Labute approximate surface area is 213 Å². The van der Waals surface area contributed by atoms with E-state index < -0.39 is 0 Å². The summed E-state index contributed by atoms with van der Waals surface area (Å²) in [7, 11) is 2.33. The van der Waals surface area contributed by atoms with Crippen LogP contribution in [-0.4, -0.2) is 65.3 Å². The Balaban J connectivity index is 1.22. The van der Waals surface area contributed by atoms with Crippen LogP contribution in [0.15, 0.2) is 0 Å². The Hall–Kier alpha value is -0.940. The van der Waals surface area contributed by atoms with Gasteiger partial charge in [0.1, 0.15) is 0 Å². The Morgan fingerprint density at radius 3 is 2.60 bits per heavy atom. The number of piperidine rings is 3. The SMILES string of the molecule is CC(=O)N1CCCC2C(CC3CCC(=O)C4(CC5CC(C)CC6C5CC4CN6C)N3)CC(C)CC21. The minimum absolute atomic E-state index is 0.270. The molecule has 0 radical (unpaired) electrons. The van der Waals surface area contributed by atoms with Crippen LogP contribution < -0.4 is 5.32 Å². The van der Waals surface area contributed by atoms with E-state index in [9.17, 15) is 9.59 Å². The Kier molecular flexibility index (Phi) is 6.35. The van der Waals surface area contributed by atoms with E-state index in [1.807, 2.05) is 0 Å². The van der Waals surface area contributed by atoms with Crippen molar-refractivity contribution < 1.29 is 9.59 Å². The highest BCUT2D eigenvalue weighted by Crippen LogP contribution is 2.54. The predicted octanol–water partition coefficient (Wildman–Crippen LogP) is 4.50. The van der Waals surface area contributed by atoms with Gasteiger partial charge in [-0.2, -0.15) is 0 Å². The Morgan fingerprint density at radius 1 is 1.03 bits per heavy atom. The molecular formula is C30H49N3O2. The van der Waals surface area contributed by atoms with Gasteiger partial charge in [-0.15, -0.1) is 0 Å². The molecule has 6 aliphatic rings. The molecule has 1 N–H and O–H groups in total. The van der Waals surface area contributed by atoms with Crippen LogP contribution in [0.4, 0.5) is 0 Å². The molecule has 6 fully saturated rings. The molecule has 5 heteroatoms. The lowest BCUT2D eigenvalue weighted by molar-refractivity contribution is -0.146. The van der Waals surface area contributed by atoms with E-state index in [0.717, 1.165) is 56.7 Å². The van der Waals surface area contributed by atoms with Crippen molar-refractivity contribution in [1.82, 2.24) is 15.1 Å². The van der Waals surface area contributed by atoms with Crippen LogP contribution in [-0.2, 0) is 9.59 Å². The molecule has 11 unspecified atom stereocenters. The van der Waals surface area contributed by atoms with Crippen LogP contribution in [0, 0.1) is 41.4 Å². The van der Waals surface area contributed by atoms with E-state index >= 15 is 0 Å². The van der Waals surface area contributed by atoms with E-state index in [2.05, 4.69) is 36.0 Å². The predicted molar refractivity (Wildman–Crippen MR) is 139 cm³/mol. The highest BCUT2D eigenvalue weighted by Gasteiger charge is 2.59. The summed E-state index contributed by atoms with van der Waals surface area (Å²) >= 11 is 0. The summed E-state index contributed by atoms with van der Waals surface area (Å²) < 4.78 is 0. The summed E-state index contributed by atoms with van der Waals surface area (Å²) in [6, 6.07) is 1.64. The molecule has 35 heavy (non-hydrogen) atoms. The maximum Gasteiger partial charge on any atom is 0.219 e. The number of rotatable bonds is 2. The summed E-state index contributed by atoms with van der Waals surface area (Å²) in [6.45, 7) is 8.64. The molecule has 196 valence electrons. The van der Waals surface area contributed by atoms with E-state index in [0.29, 0.717) is 47.5 Å². The zero-order chi connectivity index (χ0) is 24.5. The second-order valence-corrected chi connectivity index (χ2v) is 14.1. The zero-order valence-electron chi connectivity index (χ0n) is 22.7. The summed E-state index contributed by atoms with van der Waals surface area (Å²) in [4.78, 5) is 31.0. The van der Waals surface area contributed by atoms with Crippen LogP contribution in [0.5, 0.6) is 0 Å². The molecule has 3 aliphatic carbocycles. The molecule has 0 aromatic heterocycles. The van der Waals surface area contributed by atoms with Gasteiger partial charge in [0.25, 0.3) is 0 Å². The number of hydrogen-bond donors (Lipinski definition) is 1. The first-order valence-corrected chi connectivity index (χ1v) is 15.0. The summed E-state index contributed by atoms with van der Waals surface area (Å²) in [5.74, 6) is 5.58. The minimum Gasteiger partial charge on any atom is -0.340 e. The second kappa shape index (κ2) is 9.11. The molecule has 0 aromatic carbocycles. The first-order valence-electron chi connectivity index (χ1n) is 15.0. The number of likely N-dealkylation sites (tertiary alicyclic amines) is 2. The Bertz CT molecular complexity index is 845. The van der Waals surface area contributed by atoms with Crippen molar-refractivity contribution in [1.29, 1.82) is 0 Å². The van der Waals surface area contributed by atoms with Crippen molar-refractivity contribution in [2.45, 2.75) is 115 Å². The monoisotopic (exact) mass is 483 g/mol. The highest BCUT2D eigenvalue weighted by molar-refractivity contribution is 5.90. The normalized spacial score (nSPS) is 50.2. The van der Waals surface area contributed by atoms with Gasteiger partial charge in [-0.3, -0.25) is 9.59 Å². The average Bonchev–Trinajstić information content (AvgIpc) is 2.81. The summed E-state index contributed by atoms with van der Waals surface area (Å²) in [5, 5.41) is 4.15. The summed E-state index contributed by atoms with van der Waals surface area (Å²) in [6.07, 6.45) is 12.9. The molecule has 3 saturated carbocycles. The fourth-order valence-electron chi connectivity index (χ4n) is 10.5. The third-order valence-corrected chi connectivity index (χ3v) is 11.8. The number of hydrogen-bond acceptors (Lipinski definition) is 4. The Morgan fingerprint density at radius 2 is 1.80 bits per heavy atom. The third kappa shape index (κ3) is 4.11. The fraction of sp³-hybridized carbons (Fsp3) is 0.933. The first-order chi connectivity index (χ1) is 16.7. The number of fused-ring (bicyclic) bond motifs is 3. The van der Waals surface area contributed by atoms with Crippen molar-refractivity contribution in [2.24, 2.45) is 41.4 Å². The number of carbonyl (C=O) groups is 2. The quantitative estimate of drug-likeness (QED) is 0.629. The van der Waals surface area contributed by atoms with Crippen LogP contribution in [0.3, 0.4) is 0 Å². The first kappa shape index (κ1) is 24.4. The zero-order valence-corrected chi connectivity index (χ0v) is 22.7. The van der Waals surface area contributed by atoms with Gasteiger partial charge in [0.2, 0.25) is 5.91 Å². The molecule has 6 rings (SSSR count). The van der Waals surface area contributed by atoms with Gasteiger partial charge >= 0.3 is 0 Å². The molecule has 1 amide bonds. The summed E-state index contributed by atoms with van der Waals surface area (Å²) in [5.41, 5.74) is -0.280. The lowest BCUT2D eigenvalue weighted by Crippen LogP contribution is -2.72. The van der Waals surface area contributed by atoms with E-state index in [1.165, 1.54) is 44.9 Å². The van der Waals surface area contributed by atoms with Gasteiger partial charge in [0.15, 0.2) is 5.78 Å². The van der Waals surface area contributed by atoms with Crippen molar-refractivity contribution in [2.75, 3.05) is 20.1 Å². The lowest BCUT2D eigenvalue weighted by Gasteiger charge is -2.61. The smallest absolute Gasteiger partial charge is 0.219 e. The third-order valence-electron chi connectivity index (χ3n) is 11.8. The van der Waals surface area contributed by atoms with Gasteiger partial charge in [0, 0.05) is 44.6 Å². The van der Waals surface area contributed by atoms with Crippen molar-refractivity contribution >= 4 is 11.7 Å². The van der Waals surface area contributed by atoms with Crippen LogP contribution >= 0.6 is 0 Å². The molecule has 2 bridgehead atoms. The molecule has 0 aromatic rings. The molecule has 1 spiro atoms. The second-order valence-electron chi connectivity index (χ2n) is 14.1. The number of nitrogens with one attached hydrogen (secondary N) is 1. The van der Waals surface area contributed by atoms with Crippen LogP contribution in [0.25, 0.3) is 0 Å². The number of nitrogens with zero attached hydrogens (tertiary/aromatic N) is 2. The largest absolute Gasteiger partial charge is 0.340 e. The number of Topliss-reactive ketones (excluding diaryl/α,β-unsaturated/α-hetero) is 1. The topological polar surface area (TPSA) is 52.7 Å². The van der Waals surface area contributed by atoms with E-state index in [4.69, 9.17) is 0 Å². The molecule has 5 nitrogen and oxygen atoms in total. The molecule has 3 saturated heterocycles. The number of amides is 1. The highest BCUT2D eigenvalue weighted by atomic mass is 16.2. The van der Waals surface area contributed by atoms with Gasteiger partial charge < -0.3 is 15.1 Å². The fourth-order valence-corrected chi connectivity index (χ4v) is 10.5. The van der Waals surface area contributed by atoms with E-state index in [-0.39, 0.29) is 11.4 Å². The minimum atomic E-state index is -0.280. The molecule has 11 atom stereocenters. The maximum absolute atomic E-state index is 13.7. The molecule has 3 aliphatic heterocycles. The standard InChI is InChI=1S/C30H49N3O2/c1-18-10-21(25-6-5-9-33(20(3)34)28(25)13-18)14-24-7-8-29(35)30(31-24)16-22-11-19(2)12-27-26(22)15-23(30)17-32(27)4/h18-19,21-28,31H,5-17H2,1-4H3. The average molecular weight is 484 g/mol. The molecular weight excluding hydrogens is 434 g/mol. The molecule has 3 heterocycles. The van der Waals surface area contributed by atoms with Crippen LogP contribution in [0.1, 0.15) is 91.4 Å². The lowest BCUT2D eigenvalue weighted by atomic mass is 9.53. The van der Waals surface area contributed by atoms with Gasteiger partial charge in [-0.05, 0) is 113 Å². The number of ketones is 1. The maximum atomic E-state index is 13.7. The van der Waals surface area contributed by atoms with Gasteiger partial charge in [-0.1, -0.05) is 13.8 Å².